The van der Waals surface area contributed by atoms with Crippen LogP contribution in [0.2, 0.25) is 0 Å². The van der Waals surface area contributed by atoms with Crippen LogP contribution in [0.5, 0.6) is 0 Å². The molecule has 9 heteroatoms. The number of hydrogen-bond donors (Lipinski definition) is 0. The van der Waals surface area contributed by atoms with Gasteiger partial charge < -0.3 is 9.74 Å². The number of nitrogens with zero attached hydrogens (tertiary/aromatic N) is 6. The molecule has 0 aliphatic heterocycles. The molecule has 29 heavy (non-hydrogen) atoms. The third kappa shape index (κ3) is 4.39. The van der Waals surface area contributed by atoms with Gasteiger partial charge in [-0.15, -0.1) is 0 Å². The standard InChI is InChI=1S/C20H18N6O3/c1-24(2)19-9-10-22-20(18(19)12-21)25-11-3-4-17(25)13-23-29-14-15-5-7-16(8-6-15)26(27)28/h3-11,13H,14H2,1-2H3/b23-13-. The van der Waals surface area contributed by atoms with E-state index in [0.29, 0.717) is 17.1 Å². The largest absolute Gasteiger partial charge is 0.391 e. The van der Waals surface area contributed by atoms with E-state index in [1.165, 1.54) is 18.3 Å². The van der Waals surface area contributed by atoms with E-state index in [1.807, 2.05) is 31.1 Å². The number of aromatic nitrogens is 2. The predicted octanol–water partition coefficient (Wildman–Crippen LogP) is 3.27. The van der Waals surface area contributed by atoms with Gasteiger partial charge in [0.1, 0.15) is 18.2 Å². The first kappa shape index (κ1) is 19.6. The number of nitro groups is 1. The van der Waals surface area contributed by atoms with E-state index in [4.69, 9.17) is 4.84 Å². The maximum Gasteiger partial charge on any atom is 0.269 e. The Bertz CT molecular complexity index is 1080. The second-order valence-corrected chi connectivity index (χ2v) is 6.27. The number of oxime groups is 1. The van der Waals surface area contributed by atoms with Crippen LogP contribution in [0.25, 0.3) is 5.82 Å². The Morgan fingerprint density at radius 3 is 2.72 bits per heavy atom. The smallest absolute Gasteiger partial charge is 0.269 e. The summed E-state index contributed by atoms with van der Waals surface area (Å²) in [6.07, 6.45) is 4.97. The number of anilines is 1. The molecule has 2 aromatic heterocycles. The molecular weight excluding hydrogens is 372 g/mol. The monoisotopic (exact) mass is 390 g/mol. The van der Waals surface area contributed by atoms with Crippen molar-refractivity contribution in [2.45, 2.75) is 6.61 Å². The molecule has 0 amide bonds. The summed E-state index contributed by atoms with van der Waals surface area (Å²) in [4.78, 5) is 21.7. The Kier molecular flexibility index (Phi) is 5.85. The SMILES string of the molecule is CN(C)c1ccnc(-n2cccc2/C=N\OCc2ccc([N+](=O)[O-])cc2)c1C#N. The normalized spacial score (nSPS) is 10.7. The molecule has 146 valence electrons. The molecule has 0 spiro atoms. The van der Waals surface area contributed by atoms with Crippen molar-refractivity contribution >= 4 is 17.6 Å². The Hall–Kier alpha value is -4.19. The van der Waals surface area contributed by atoms with E-state index in [2.05, 4.69) is 16.2 Å². The maximum atomic E-state index is 10.7. The van der Waals surface area contributed by atoms with Gasteiger partial charge >= 0.3 is 0 Å². The summed E-state index contributed by atoms with van der Waals surface area (Å²) >= 11 is 0. The van der Waals surface area contributed by atoms with Crippen molar-refractivity contribution in [3.05, 3.63) is 81.8 Å². The van der Waals surface area contributed by atoms with Gasteiger partial charge in [0.15, 0.2) is 5.82 Å². The molecule has 0 aliphatic carbocycles. The van der Waals surface area contributed by atoms with Crippen molar-refractivity contribution in [1.82, 2.24) is 9.55 Å². The molecule has 0 aliphatic rings. The van der Waals surface area contributed by atoms with Crippen molar-refractivity contribution in [3.8, 4) is 11.9 Å². The molecular formula is C20H18N6O3. The van der Waals surface area contributed by atoms with Gasteiger partial charge in [0.25, 0.3) is 5.69 Å². The number of benzene rings is 1. The van der Waals surface area contributed by atoms with Crippen molar-refractivity contribution < 1.29 is 9.76 Å². The minimum Gasteiger partial charge on any atom is -0.391 e. The average molecular weight is 390 g/mol. The highest BCUT2D eigenvalue weighted by molar-refractivity contribution is 5.79. The summed E-state index contributed by atoms with van der Waals surface area (Å²) in [5.41, 5.74) is 2.69. The predicted molar refractivity (Wildman–Crippen MR) is 108 cm³/mol. The van der Waals surface area contributed by atoms with Gasteiger partial charge in [0.2, 0.25) is 0 Å². The molecule has 0 atom stereocenters. The molecule has 2 heterocycles. The Labute approximate surface area is 167 Å². The van der Waals surface area contributed by atoms with Crippen LogP contribution in [0.4, 0.5) is 11.4 Å². The minimum atomic E-state index is -0.453. The third-order valence-electron chi connectivity index (χ3n) is 4.15. The number of nitriles is 1. The summed E-state index contributed by atoms with van der Waals surface area (Å²) in [5.74, 6) is 0.500. The lowest BCUT2D eigenvalue weighted by atomic mass is 10.2. The lowest BCUT2D eigenvalue weighted by molar-refractivity contribution is -0.384. The fourth-order valence-corrected chi connectivity index (χ4v) is 2.71. The first-order valence-corrected chi connectivity index (χ1v) is 8.64. The highest BCUT2D eigenvalue weighted by Crippen LogP contribution is 2.23. The van der Waals surface area contributed by atoms with E-state index in [-0.39, 0.29) is 12.3 Å². The Balaban J connectivity index is 1.75. The summed E-state index contributed by atoms with van der Waals surface area (Å²) in [6, 6.07) is 13.7. The zero-order valence-corrected chi connectivity index (χ0v) is 15.9. The van der Waals surface area contributed by atoms with E-state index in [0.717, 1.165) is 11.3 Å². The van der Waals surface area contributed by atoms with Gasteiger partial charge in [0, 0.05) is 38.6 Å². The third-order valence-corrected chi connectivity index (χ3v) is 4.15. The molecule has 0 saturated carbocycles. The number of hydrogen-bond acceptors (Lipinski definition) is 7. The van der Waals surface area contributed by atoms with E-state index in [9.17, 15) is 15.4 Å². The highest BCUT2D eigenvalue weighted by atomic mass is 16.6. The Morgan fingerprint density at radius 1 is 1.31 bits per heavy atom. The van der Waals surface area contributed by atoms with Gasteiger partial charge in [-0.3, -0.25) is 14.7 Å². The van der Waals surface area contributed by atoms with E-state index < -0.39 is 4.92 Å². The topological polar surface area (TPSA) is 110 Å². The molecule has 0 saturated heterocycles. The summed E-state index contributed by atoms with van der Waals surface area (Å²) in [6.45, 7) is 0.174. The van der Waals surface area contributed by atoms with Crippen LogP contribution in [0, 0.1) is 21.4 Å². The van der Waals surface area contributed by atoms with Crippen LogP contribution in [0.1, 0.15) is 16.8 Å². The van der Waals surface area contributed by atoms with Crippen LogP contribution in [-0.2, 0) is 11.4 Å². The second-order valence-electron chi connectivity index (χ2n) is 6.27. The van der Waals surface area contributed by atoms with Crippen molar-refractivity contribution in [2.75, 3.05) is 19.0 Å². The first-order chi connectivity index (χ1) is 14.0. The zero-order chi connectivity index (χ0) is 20.8. The summed E-state index contributed by atoms with van der Waals surface area (Å²) in [7, 11) is 3.73. The van der Waals surface area contributed by atoms with Crippen LogP contribution in [-0.4, -0.2) is 34.8 Å². The number of rotatable bonds is 7. The average Bonchev–Trinajstić information content (AvgIpc) is 3.19. The lowest BCUT2D eigenvalue weighted by Crippen LogP contribution is -2.13. The van der Waals surface area contributed by atoms with Gasteiger partial charge in [-0.2, -0.15) is 5.26 Å². The van der Waals surface area contributed by atoms with Crippen LogP contribution in [0.3, 0.4) is 0 Å². The molecule has 3 rings (SSSR count). The highest BCUT2D eigenvalue weighted by Gasteiger charge is 2.14. The fourth-order valence-electron chi connectivity index (χ4n) is 2.71. The van der Waals surface area contributed by atoms with Gasteiger partial charge in [0.05, 0.1) is 22.5 Å². The first-order valence-electron chi connectivity index (χ1n) is 8.64. The number of pyridine rings is 1. The van der Waals surface area contributed by atoms with Gasteiger partial charge in [-0.1, -0.05) is 5.16 Å². The molecule has 0 fully saturated rings. The molecule has 0 bridgehead atoms. The summed E-state index contributed by atoms with van der Waals surface area (Å²) in [5, 5.41) is 24.2. The molecule has 0 unspecified atom stereocenters. The second kappa shape index (κ2) is 8.67. The fraction of sp³-hybridized carbons (Fsp3) is 0.150. The minimum absolute atomic E-state index is 0.0239. The van der Waals surface area contributed by atoms with Crippen LogP contribution >= 0.6 is 0 Å². The van der Waals surface area contributed by atoms with Crippen molar-refractivity contribution in [1.29, 1.82) is 5.26 Å². The lowest BCUT2D eigenvalue weighted by Gasteiger charge is -2.16. The van der Waals surface area contributed by atoms with E-state index in [1.54, 1.807) is 35.2 Å². The van der Waals surface area contributed by atoms with Gasteiger partial charge in [-0.25, -0.2) is 4.98 Å². The zero-order valence-electron chi connectivity index (χ0n) is 15.9. The molecule has 0 radical (unpaired) electrons. The molecule has 9 nitrogen and oxygen atoms in total. The van der Waals surface area contributed by atoms with Crippen LogP contribution < -0.4 is 4.90 Å². The van der Waals surface area contributed by atoms with Crippen LogP contribution in [0.15, 0.2) is 60.0 Å². The van der Waals surface area contributed by atoms with E-state index >= 15 is 0 Å². The maximum absolute atomic E-state index is 10.7. The molecule has 3 aromatic rings. The van der Waals surface area contributed by atoms with Crippen molar-refractivity contribution in [3.63, 3.8) is 0 Å². The number of non-ortho nitro benzene ring substituents is 1. The summed E-state index contributed by atoms with van der Waals surface area (Å²) < 4.78 is 1.75. The Morgan fingerprint density at radius 2 is 2.07 bits per heavy atom. The number of nitro benzene ring substituents is 1. The quantitative estimate of drug-likeness (QED) is 0.348. The van der Waals surface area contributed by atoms with Gasteiger partial charge in [-0.05, 0) is 35.9 Å². The molecule has 1 aromatic carbocycles. The molecule has 0 N–H and O–H groups in total. The van der Waals surface area contributed by atoms with Crippen molar-refractivity contribution in [2.24, 2.45) is 5.16 Å².